The minimum Gasteiger partial charge on any atom is -0.467 e. The van der Waals surface area contributed by atoms with Crippen molar-refractivity contribution in [1.82, 2.24) is 5.32 Å². The fourth-order valence-corrected chi connectivity index (χ4v) is 3.85. The number of benzene rings is 2. The van der Waals surface area contributed by atoms with E-state index in [1.165, 1.54) is 0 Å². The summed E-state index contributed by atoms with van der Waals surface area (Å²) in [5, 5.41) is 11.8. The van der Waals surface area contributed by atoms with Crippen LogP contribution < -0.4 is 5.32 Å². The third-order valence-corrected chi connectivity index (χ3v) is 5.65. The van der Waals surface area contributed by atoms with E-state index < -0.39 is 35.4 Å². The first-order valence-corrected chi connectivity index (χ1v) is 11.1. The van der Waals surface area contributed by atoms with Gasteiger partial charge in [-0.2, -0.15) is 11.8 Å². The Balaban J connectivity index is 2.14. The van der Waals surface area contributed by atoms with E-state index in [1.54, 1.807) is 55.5 Å². The predicted molar refractivity (Wildman–Crippen MR) is 120 cm³/mol. The molecule has 0 aliphatic rings. The molecule has 2 rings (SSSR count). The van der Waals surface area contributed by atoms with Crippen molar-refractivity contribution in [3.63, 3.8) is 0 Å². The van der Waals surface area contributed by atoms with Crippen LogP contribution in [0.5, 0.6) is 0 Å². The molecule has 0 fully saturated rings. The summed E-state index contributed by atoms with van der Waals surface area (Å²) >= 11 is 1.12. The molecule has 0 saturated heterocycles. The summed E-state index contributed by atoms with van der Waals surface area (Å²) in [5.41, 5.74) is 1.51. The molecule has 3 atom stereocenters. The lowest BCUT2D eigenvalue weighted by atomic mass is 10.1. The number of aliphatic hydroxyl groups is 1. The third-order valence-electron chi connectivity index (χ3n) is 4.41. The fraction of sp³-hybridized carbons (Fsp3) is 0.348. The Kier molecular flexibility index (Phi) is 10.6. The molecule has 2 aromatic carbocycles. The summed E-state index contributed by atoms with van der Waals surface area (Å²) < 4.78 is 15.2. The highest BCUT2D eigenvalue weighted by molar-refractivity contribution is 8.00. The van der Waals surface area contributed by atoms with E-state index in [1.807, 2.05) is 12.1 Å². The van der Waals surface area contributed by atoms with Gasteiger partial charge in [0.1, 0.15) is 19.3 Å². The molecular weight excluding hydrogens is 434 g/mol. The molecule has 1 amide bonds. The van der Waals surface area contributed by atoms with Gasteiger partial charge in [-0.1, -0.05) is 67.6 Å². The lowest BCUT2D eigenvalue weighted by molar-refractivity contribution is -0.153. The Morgan fingerprint density at radius 3 is 1.94 bits per heavy atom. The van der Waals surface area contributed by atoms with Gasteiger partial charge in [0.2, 0.25) is 0 Å². The molecule has 172 valence electrons. The molecule has 0 saturated carbocycles. The number of methoxy groups -OCH3 is 1. The quantitative estimate of drug-likeness (QED) is 0.388. The van der Waals surface area contributed by atoms with E-state index in [-0.39, 0.29) is 13.2 Å². The minimum absolute atomic E-state index is 0.0103. The van der Waals surface area contributed by atoms with Crippen molar-refractivity contribution < 1.29 is 33.7 Å². The second-order valence-corrected chi connectivity index (χ2v) is 8.12. The van der Waals surface area contributed by atoms with Crippen LogP contribution in [-0.4, -0.2) is 53.4 Å². The van der Waals surface area contributed by atoms with Crippen molar-refractivity contribution in [3.05, 3.63) is 71.8 Å². The largest absolute Gasteiger partial charge is 0.467 e. The first-order chi connectivity index (χ1) is 15.5. The topological polar surface area (TPSA) is 111 Å². The van der Waals surface area contributed by atoms with Crippen LogP contribution in [0.25, 0.3) is 0 Å². The van der Waals surface area contributed by atoms with Gasteiger partial charge < -0.3 is 24.6 Å². The molecule has 1 unspecified atom stereocenters. The first-order valence-electron chi connectivity index (χ1n) is 10.0. The van der Waals surface area contributed by atoms with Crippen LogP contribution in [0.15, 0.2) is 60.7 Å². The molecule has 0 bridgehead atoms. The van der Waals surface area contributed by atoms with E-state index in [0.29, 0.717) is 5.75 Å². The Morgan fingerprint density at radius 1 is 0.906 bits per heavy atom. The molecule has 0 spiro atoms. The molecule has 0 aliphatic heterocycles. The highest BCUT2D eigenvalue weighted by Gasteiger charge is 2.40. The molecule has 2 aromatic rings. The van der Waals surface area contributed by atoms with Crippen molar-refractivity contribution in [2.24, 2.45) is 0 Å². The number of hydrogen-bond donors (Lipinski definition) is 2. The van der Waals surface area contributed by atoms with Gasteiger partial charge in [-0.15, -0.1) is 0 Å². The van der Waals surface area contributed by atoms with Gasteiger partial charge in [-0.3, -0.25) is 0 Å². The van der Waals surface area contributed by atoms with Crippen molar-refractivity contribution >= 4 is 29.8 Å². The van der Waals surface area contributed by atoms with E-state index in [2.05, 4.69) is 10.1 Å². The van der Waals surface area contributed by atoms with Crippen LogP contribution in [0, 0.1) is 0 Å². The highest BCUT2D eigenvalue weighted by atomic mass is 32.2. The normalized spacial score (nSPS) is 13.3. The highest BCUT2D eigenvalue weighted by Crippen LogP contribution is 2.21. The van der Waals surface area contributed by atoms with Crippen LogP contribution in [0.3, 0.4) is 0 Å². The Bertz CT molecular complexity index is 863. The Morgan fingerprint density at radius 2 is 1.44 bits per heavy atom. The maximum atomic E-state index is 12.9. The number of thioether (sulfide) groups is 1. The summed E-state index contributed by atoms with van der Waals surface area (Å²) in [6.07, 6.45) is -2.54. The summed E-state index contributed by atoms with van der Waals surface area (Å²) in [6, 6.07) is 16.7. The molecule has 32 heavy (non-hydrogen) atoms. The molecule has 9 heteroatoms. The lowest BCUT2D eigenvalue weighted by Gasteiger charge is -2.28. The molecule has 0 aromatic heterocycles. The standard InChI is InChI=1S/C23H27NO7S/c1-3-32-20(19(25)22(27)29-2)18(21(26)30-14-16-10-6-4-7-11-16)24-23(28)31-15-17-12-8-5-9-13-17/h4-13,18-20,25H,3,14-15H2,1-2H3,(H,24,28)/t18-,19-,20?/m0/s1. The maximum Gasteiger partial charge on any atom is 0.408 e. The monoisotopic (exact) mass is 461 g/mol. The van der Waals surface area contributed by atoms with E-state index >= 15 is 0 Å². The number of carbonyl (C=O) groups excluding carboxylic acids is 3. The molecular formula is C23H27NO7S. The number of esters is 2. The zero-order valence-electron chi connectivity index (χ0n) is 17.9. The summed E-state index contributed by atoms with van der Waals surface area (Å²) in [6.45, 7) is 1.75. The van der Waals surface area contributed by atoms with Crippen molar-refractivity contribution in [2.45, 2.75) is 37.5 Å². The van der Waals surface area contributed by atoms with Crippen LogP contribution in [0.4, 0.5) is 4.79 Å². The lowest BCUT2D eigenvalue weighted by Crippen LogP contribution is -2.54. The van der Waals surface area contributed by atoms with Gasteiger partial charge in [0, 0.05) is 0 Å². The molecule has 8 nitrogen and oxygen atoms in total. The first kappa shape index (κ1) is 25.2. The summed E-state index contributed by atoms with van der Waals surface area (Å²) in [5.74, 6) is -1.27. The van der Waals surface area contributed by atoms with E-state index in [0.717, 1.165) is 30.0 Å². The fourth-order valence-electron chi connectivity index (χ4n) is 2.80. The minimum atomic E-state index is -1.66. The van der Waals surface area contributed by atoms with Crippen LogP contribution >= 0.6 is 11.8 Å². The van der Waals surface area contributed by atoms with Gasteiger partial charge >= 0.3 is 18.0 Å². The number of aliphatic hydroxyl groups excluding tert-OH is 1. The van der Waals surface area contributed by atoms with E-state index in [9.17, 15) is 19.5 Å². The number of nitrogens with one attached hydrogen (secondary N) is 1. The molecule has 0 radical (unpaired) electrons. The van der Waals surface area contributed by atoms with Gasteiger partial charge in [0.05, 0.1) is 12.4 Å². The predicted octanol–water partition coefficient (Wildman–Crippen LogP) is 2.68. The number of rotatable bonds is 11. The Hall–Kier alpha value is -3.04. The van der Waals surface area contributed by atoms with Crippen LogP contribution in [-0.2, 0) is 37.0 Å². The Labute approximate surface area is 191 Å². The average molecular weight is 462 g/mol. The maximum absolute atomic E-state index is 12.9. The van der Waals surface area contributed by atoms with Crippen molar-refractivity contribution in [3.8, 4) is 0 Å². The second-order valence-electron chi connectivity index (χ2n) is 6.67. The molecule has 0 heterocycles. The zero-order chi connectivity index (χ0) is 23.3. The smallest absolute Gasteiger partial charge is 0.408 e. The number of carbonyl (C=O) groups is 3. The van der Waals surface area contributed by atoms with Gasteiger partial charge in [-0.25, -0.2) is 14.4 Å². The second kappa shape index (κ2) is 13.4. The van der Waals surface area contributed by atoms with Crippen LogP contribution in [0.2, 0.25) is 0 Å². The number of alkyl carbamates (subject to hydrolysis) is 1. The van der Waals surface area contributed by atoms with Gasteiger partial charge in [0.25, 0.3) is 0 Å². The van der Waals surface area contributed by atoms with E-state index in [4.69, 9.17) is 9.47 Å². The summed E-state index contributed by atoms with van der Waals surface area (Å²) in [4.78, 5) is 37.3. The number of ether oxygens (including phenoxy) is 3. The van der Waals surface area contributed by atoms with Crippen molar-refractivity contribution in [1.29, 1.82) is 0 Å². The molecule has 0 aliphatic carbocycles. The number of amides is 1. The van der Waals surface area contributed by atoms with Gasteiger partial charge in [-0.05, 0) is 16.9 Å². The summed E-state index contributed by atoms with van der Waals surface area (Å²) in [7, 11) is 1.13. The average Bonchev–Trinajstić information content (AvgIpc) is 2.83. The van der Waals surface area contributed by atoms with Crippen LogP contribution in [0.1, 0.15) is 18.1 Å². The third kappa shape index (κ3) is 7.90. The van der Waals surface area contributed by atoms with Crippen molar-refractivity contribution in [2.75, 3.05) is 12.9 Å². The SMILES string of the molecule is CCSC([C@H](O)C(=O)OC)[C@H](NC(=O)OCc1ccccc1)C(=O)OCc1ccccc1. The number of hydrogen-bond acceptors (Lipinski definition) is 8. The van der Waals surface area contributed by atoms with Gasteiger partial charge in [0.15, 0.2) is 6.10 Å². The molecule has 2 N–H and O–H groups in total. The zero-order valence-corrected chi connectivity index (χ0v) is 18.7.